The molecule has 0 aliphatic carbocycles. The molecular weight excluding hydrogens is 420 g/mol. The number of amides is 3. The van der Waals surface area contributed by atoms with Gasteiger partial charge in [0.2, 0.25) is 11.8 Å². The van der Waals surface area contributed by atoms with Gasteiger partial charge in [-0.3, -0.25) is 19.3 Å². The minimum Gasteiger partial charge on any atom is -0.482 e. The molecule has 2 N–H and O–H groups in total. The van der Waals surface area contributed by atoms with E-state index in [4.69, 9.17) is 4.74 Å². The Morgan fingerprint density at radius 1 is 1.09 bits per heavy atom. The van der Waals surface area contributed by atoms with Gasteiger partial charge in [0.25, 0.3) is 5.91 Å². The lowest BCUT2D eigenvalue weighted by Crippen LogP contribution is -2.50. The van der Waals surface area contributed by atoms with Gasteiger partial charge in [-0.25, -0.2) is 0 Å². The summed E-state index contributed by atoms with van der Waals surface area (Å²) in [6.07, 6.45) is 3.58. The molecule has 2 aromatic carbocycles. The molecule has 1 unspecified atom stereocenters. The van der Waals surface area contributed by atoms with Gasteiger partial charge in [-0.15, -0.1) is 0 Å². The van der Waals surface area contributed by atoms with Gasteiger partial charge in [0, 0.05) is 24.5 Å². The lowest BCUT2D eigenvalue weighted by Gasteiger charge is -2.29. The molecule has 0 radical (unpaired) electrons. The number of ether oxygens (including phenoxy) is 1. The molecule has 4 rings (SSSR count). The van der Waals surface area contributed by atoms with Crippen LogP contribution in [0.5, 0.6) is 5.75 Å². The van der Waals surface area contributed by atoms with Crippen LogP contribution in [0.3, 0.4) is 0 Å². The van der Waals surface area contributed by atoms with Crippen LogP contribution in [0.2, 0.25) is 0 Å². The number of para-hydroxylation sites is 2. The number of fused-ring (bicyclic) bond motifs is 1. The second kappa shape index (κ2) is 10.4. The van der Waals surface area contributed by atoms with Crippen LogP contribution in [0.4, 0.5) is 17.1 Å². The normalized spacial score (nSPS) is 16.1. The fourth-order valence-electron chi connectivity index (χ4n) is 4.25. The third kappa shape index (κ3) is 5.45. The highest BCUT2D eigenvalue weighted by atomic mass is 16.5. The quantitative estimate of drug-likeness (QED) is 0.645. The smallest absolute Gasteiger partial charge is 0.265 e. The molecule has 33 heavy (non-hydrogen) atoms. The Bertz CT molecular complexity index is 1020. The van der Waals surface area contributed by atoms with Crippen molar-refractivity contribution in [3.05, 3.63) is 48.5 Å². The number of anilines is 3. The third-order valence-corrected chi connectivity index (χ3v) is 5.92. The first-order valence-corrected chi connectivity index (χ1v) is 11.5. The second-order valence-electron chi connectivity index (χ2n) is 8.38. The van der Waals surface area contributed by atoms with Crippen molar-refractivity contribution in [3.8, 4) is 5.75 Å². The Labute approximate surface area is 193 Å². The van der Waals surface area contributed by atoms with Crippen molar-refractivity contribution in [1.29, 1.82) is 0 Å². The van der Waals surface area contributed by atoms with Crippen molar-refractivity contribution < 1.29 is 19.1 Å². The summed E-state index contributed by atoms with van der Waals surface area (Å²) in [6, 6.07) is 14.2. The summed E-state index contributed by atoms with van der Waals surface area (Å²) in [7, 11) is 0. The predicted molar refractivity (Wildman–Crippen MR) is 128 cm³/mol. The molecule has 1 atom stereocenters. The van der Waals surface area contributed by atoms with E-state index in [0.717, 1.165) is 25.2 Å². The predicted octanol–water partition coefficient (Wildman–Crippen LogP) is 2.94. The average Bonchev–Trinajstić information content (AvgIpc) is 3.36. The fourth-order valence-corrected chi connectivity index (χ4v) is 4.25. The fraction of sp³-hybridized carbons (Fsp3) is 0.400. The van der Waals surface area contributed by atoms with E-state index in [1.807, 2.05) is 37.3 Å². The van der Waals surface area contributed by atoms with Crippen LogP contribution < -0.4 is 25.2 Å². The van der Waals surface area contributed by atoms with Crippen LogP contribution >= 0.6 is 0 Å². The SMILES string of the molecule is CCCC(NC(=O)CN1C(=O)COc2ccccc21)C(=O)Nc1cccc(N2CCCC2)c1. The van der Waals surface area contributed by atoms with Crippen molar-refractivity contribution in [1.82, 2.24) is 5.32 Å². The van der Waals surface area contributed by atoms with Gasteiger partial charge < -0.3 is 20.3 Å². The molecule has 2 aliphatic rings. The Morgan fingerprint density at radius 3 is 2.67 bits per heavy atom. The molecule has 0 aromatic heterocycles. The Kier molecular flexibility index (Phi) is 7.12. The summed E-state index contributed by atoms with van der Waals surface area (Å²) < 4.78 is 5.43. The molecule has 2 heterocycles. The molecule has 2 aliphatic heterocycles. The number of nitrogens with zero attached hydrogens (tertiary/aromatic N) is 2. The van der Waals surface area contributed by atoms with E-state index in [1.54, 1.807) is 18.2 Å². The highest BCUT2D eigenvalue weighted by molar-refractivity contribution is 6.03. The number of carbonyl (C=O) groups excluding carboxylic acids is 3. The first-order chi connectivity index (χ1) is 16.0. The van der Waals surface area contributed by atoms with E-state index in [2.05, 4.69) is 15.5 Å². The standard InChI is InChI=1S/C25H30N4O4/c1-2-8-20(25(32)26-18-9-7-10-19(15-18)28-13-5-6-14-28)27-23(30)16-29-21-11-3-4-12-22(21)33-17-24(29)31/h3-4,7,9-12,15,20H,2,5-6,8,13-14,16-17H2,1H3,(H,26,32)(H,27,30). The van der Waals surface area contributed by atoms with Crippen molar-refractivity contribution in [2.45, 2.75) is 38.6 Å². The zero-order valence-corrected chi connectivity index (χ0v) is 18.9. The van der Waals surface area contributed by atoms with E-state index < -0.39 is 6.04 Å². The zero-order chi connectivity index (χ0) is 23.2. The minimum absolute atomic E-state index is 0.115. The van der Waals surface area contributed by atoms with Crippen molar-refractivity contribution >= 4 is 34.8 Å². The van der Waals surface area contributed by atoms with Crippen LogP contribution in [0, 0.1) is 0 Å². The van der Waals surface area contributed by atoms with Gasteiger partial charge >= 0.3 is 0 Å². The molecule has 2 aromatic rings. The molecule has 1 fully saturated rings. The molecule has 8 nitrogen and oxygen atoms in total. The second-order valence-corrected chi connectivity index (χ2v) is 8.38. The first-order valence-electron chi connectivity index (χ1n) is 11.5. The number of hydrogen-bond donors (Lipinski definition) is 2. The monoisotopic (exact) mass is 450 g/mol. The lowest BCUT2D eigenvalue weighted by molar-refractivity contribution is -0.127. The van der Waals surface area contributed by atoms with Crippen LogP contribution in [-0.4, -0.2) is 50.0 Å². The summed E-state index contributed by atoms with van der Waals surface area (Å²) in [5.41, 5.74) is 2.35. The molecular formula is C25H30N4O4. The van der Waals surface area contributed by atoms with Gasteiger partial charge in [0.1, 0.15) is 18.3 Å². The maximum Gasteiger partial charge on any atom is 0.265 e. The van der Waals surface area contributed by atoms with Gasteiger partial charge in [0.15, 0.2) is 6.61 Å². The van der Waals surface area contributed by atoms with Crippen LogP contribution in [0.1, 0.15) is 32.6 Å². The highest BCUT2D eigenvalue weighted by Gasteiger charge is 2.28. The highest BCUT2D eigenvalue weighted by Crippen LogP contribution is 2.31. The van der Waals surface area contributed by atoms with E-state index in [0.29, 0.717) is 23.5 Å². The van der Waals surface area contributed by atoms with Crippen molar-refractivity contribution in [2.75, 3.05) is 41.4 Å². The molecule has 174 valence electrons. The van der Waals surface area contributed by atoms with Gasteiger partial charge in [-0.1, -0.05) is 31.5 Å². The maximum atomic E-state index is 13.0. The van der Waals surface area contributed by atoms with E-state index in [1.165, 1.54) is 17.7 Å². The number of benzene rings is 2. The van der Waals surface area contributed by atoms with Gasteiger partial charge in [-0.2, -0.15) is 0 Å². The molecule has 3 amide bonds. The Balaban J connectivity index is 1.40. The van der Waals surface area contributed by atoms with Gasteiger partial charge in [-0.05, 0) is 49.6 Å². The maximum absolute atomic E-state index is 13.0. The van der Waals surface area contributed by atoms with Crippen molar-refractivity contribution in [3.63, 3.8) is 0 Å². The Morgan fingerprint density at radius 2 is 1.88 bits per heavy atom. The lowest BCUT2D eigenvalue weighted by atomic mass is 10.1. The Hall–Kier alpha value is -3.55. The number of rotatable bonds is 8. The van der Waals surface area contributed by atoms with E-state index in [9.17, 15) is 14.4 Å². The van der Waals surface area contributed by atoms with Crippen molar-refractivity contribution in [2.24, 2.45) is 0 Å². The number of carbonyl (C=O) groups is 3. The molecule has 0 spiro atoms. The molecule has 0 saturated carbocycles. The molecule has 0 bridgehead atoms. The number of nitrogens with one attached hydrogen (secondary N) is 2. The molecule has 8 heteroatoms. The molecule has 1 saturated heterocycles. The summed E-state index contributed by atoms with van der Waals surface area (Å²) in [4.78, 5) is 41.8. The van der Waals surface area contributed by atoms with E-state index in [-0.39, 0.29) is 30.9 Å². The average molecular weight is 451 g/mol. The third-order valence-electron chi connectivity index (χ3n) is 5.92. The summed E-state index contributed by atoms with van der Waals surface area (Å²) >= 11 is 0. The van der Waals surface area contributed by atoms with E-state index >= 15 is 0 Å². The topological polar surface area (TPSA) is 91.0 Å². The summed E-state index contributed by atoms with van der Waals surface area (Å²) in [6.45, 7) is 3.72. The zero-order valence-electron chi connectivity index (χ0n) is 18.9. The number of hydrogen-bond acceptors (Lipinski definition) is 5. The van der Waals surface area contributed by atoms with Crippen LogP contribution in [-0.2, 0) is 14.4 Å². The minimum atomic E-state index is -0.690. The summed E-state index contributed by atoms with van der Waals surface area (Å²) in [5, 5.41) is 5.75. The largest absolute Gasteiger partial charge is 0.482 e. The summed E-state index contributed by atoms with van der Waals surface area (Å²) in [5.74, 6) is -0.387. The van der Waals surface area contributed by atoms with Crippen LogP contribution in [0.15, 0.2) is 48.5 Å². The first kappa shape index (κ1) is 22.6. The van der Waals surface area contributed by atoms with Gasteiger partial charge in [0.05, 0.1) is 5.69 Å². The van der Waals surface area contributed by atoms with Crippen LogP contribution in [0.25, 0.3) is 0 Å².